The monoisotopic (exact) mass is 386 g/mol. The summed E-state index contributed by atoms with van der Waals surface area (Å²) < 4.78 is 0. The SMILES string of the molecule is CCN(CC)c1ccc(C=Nc2ccc(C34CC5CC(CC(C5)C3)C4)cc2)cc1. The van der Waals surface area contributed by atoms with Crippen LogP contribution in [0.3, 0.4) is 0 Å². The zero-order valence-electron chi connectivity index (χ0n) is 18.0. The first-order valence-electron chi connectivity index (χ1n) is 11.7. The van der Waals surface area contributed by atoms with Gasteiger partial charge < -0.3 is 4.90 Å². The lowest BCUT2D eigenvalue weighted by molar-refractivity contribution is -0.00518. The van der Waals surface area contributed by atoms with E-state index in [2.05, 4.69) is 67.3 Å². The second-order valence-corrected chi connectivity index (χ2v) is 9.77. The summed E-state index contributed by atoms with van der Waals surface area (Å²) >= 11 is 0. The third-order valence-corrected chi connectivity index (χ3v) is 7.90. The molecule has 4 saturated carbocycles. The van der Waals surface area contributed by atoms with Crippen molar-refractivity contribution in [3.63, 3.8) is 0 Å². The predicted octanol–water partition coefficient (Wildman–Crippen LogP) is 6.75. The molecule has 6 rings (SSSR count). The van der Waals surface area contributed by atoms with Crippen LogP contribution < -0.4 is 4.90 Å². The molecule has 0 aliphatic heterocycles. The van der Waals surface area contributed by atoms with Crippen molar-refractivity contribution in [3.8, 4) is 0 Å². The third kappa shape index (κ3) is 3.63. The van der Waals surface area contributed by atoms with E-state index in [0.717, 1.165) is 42.1 Å². The van der Waals surface area contributed by atoms with Crippen molar-refractivity contribution in [2.45, 2.75) is 57.8 Å². The molecule has 2 aromatic carbocycles. The quantitative estimate of drug-likeness (QED) is 0.501. The smallest absolute Gasteiger partial charge is 0.0630 e. The number of hydrogen-bond acceptors (Lipinski definition) is 2. The van der Waals surface area contributed by atoms with E-state index < -0.39 is 0 Å². The van der Waals surface area contributed by atoms with E-state index in [1.807, 2.05) is 6.21 Å². The number of hydrogen-bond donors (Lipinski definition) is 0. The molecule has 0 spiro atoms. The second-order valence-electron chi connectivity index (χ2n) is 9.77. The average molecular weight is 387 g/mol. The Morgan fingerprint density at radius 3 is 1.90 bits per heavy atom. The van der Waals surface area contributed by atoms with Crippen LogP contribution in [0.4, 0.5) is 11.4 Å². The summed E-state index contributed by atoms with van der Waals surface area (Å²) in [5, 5.41) is 0. The summed E-state index contributed by atoms with van der Waals surface area (Å²) in [5.41, 5.74) is 5.57. The molecule has 2 nitrogen and oxygen atoms in total. The van der Waals surface area contributed by atoms with Crippen LogP contribution >= 0.6 is 0 Å². The topological polar surface area (TPSA) is 15.6 Å². The highest BCUT2D eigenvalue weighted by molar-refractivity contribution is 5.82. The summed E-state index contributed by atoms with van der Waals surface area (Å²) in [6.45, 7) is 6.48. The van der Waals surface area contributed by atoms with Crippen LogP contribution in [0.25, 0.3) is 0 Å². The molecule has 0 saturated heterocycles. The van der Waals surface area contributed by atoms with Crippen molar-refractivity contribution in [2.24, 2.45) is 22.7 Å². The Hall–Kier alpha value is -2.09. The van der Waals surface area contributed by atoms with Crippen LogP contribution in [0.1, 0.15) is 63.5 Å². The summed E-state index contributed by atoms with van der Waals surface area (Å²) in [6, 6.07) is 18.0. The molecule has 0 unspecified atom stereocenters. The highest BCUT2D eigenvalue weighted by atomic mass is 15.1. The summed E-state index contributed by atoms with van der Waals surface area (Å²) in [6.07, 6.45) is 10.8. The number of aliphatic imine (C=N–C) groups is 1. The van der Waals surface area contributed by atoms with Crippen molar-refractivity contribution < 1.29 is 0 Å². The molecule has 4 bridgehead atoms. The predicted molar refractivity (Wildman–Crippen MR) is 124 cm³/mol. The van der Waals surface area contributed by atoms with E-state index in [9.17, 15) is 0 Å². The minimum absolute atomic E-state index is 0.483. The van der Waals surface area contributed by atoms with Gasteiger partial charge in [0.25, 0.3) is 0 Å². The Labute approximate surface area is 176 Å². The summed E-state index contributed by atoms with van der Waals surface area (Å²) in [7, 11) is 0. The standard InChI is InChI=1S/C27H34N2/c1-3-29(4-2)26-11-5-20(6-12-26)19-28-25-9-7-24(8-10-25)27-16-21-13-22(17-27)15-23(14-21)18-27/h5-12,19,21-23H,3-4,13-18H2,1-2H3. The van der Waals surface area contributed by atoms with Gasteiger partial charge in [0.1, 0.15) is 0 Å². The van der Waals surface area contributed by atoms with Crippen molar-refractivity contribution in [1.29, 1.82) is 0 Å². The molecule has 4 aliphatic rings. The van der Waals surface area contributed by atoms with Crippen molar-refractivity contribution in [3.05, 3.63) is 59.7 Å². The van der Waals surface area contributed by atoms with Crippen molar-refractivity contribution in [2.75, 3.05) is 18.0 Å². The summed E-state index contributed by atoms with van der Waals surface area (Å²) in [4.78, 5) is 7.11. The summed E-state index contributed by atoms with van der Waals surface area (Å²) in [5.74, 6) is 3.00. The maximum absolute atomic E-state index is 4.74. The van der Waals surface area contributed by atoms with Gasteiger partial charge in [-0.05, 0) is 111 Å². The molecule has 4 aliphatic carbocycles. The first kappa shape index (κ1) is 18.9. The van der Waals surface area contributed by atoms with Gasteiger partial charge in [-0.15, -0.1) is 0 Å². The first-order valence-corrected chi connectivity index (χ1v) is 11.7. The fourth-order valence-electron chi connectivity index (χ4n) is 6.87. The van der Waals surface area contributed by atoms with Gasteiger partial charge in [-0.1, -0.05) is 24.3 Å². The van der Waals surface area contributed by atoms with Gasteiger partial charge in [0.2, 0.25) is 0 Å². The van der Waals surface area contributed by atoms with Crippen LogP contribution in [0.2, 0.25) is 0 Å². The Morgan fingerprint density at radius 2 is 1.38 bits per heavy atom. The number of benzene rings is 2. The van der Waals surface area contributed by atoms with Gasteiger partial charge in [0.05, 0.1) is 5.69 Å². The molecule has 0 atom stereocenters. The Morgan fingerprint density at radius 1 is 0.828 bits per heavy atom. The van der Waals surface area contributed by atoms with Crippen LogP contribution in [-0.2, 0) is 5.41 Å². The lowest BCUT2D eigenvalue weighted by atomic mass is 9.48. The molecular weight excluding hydrogens is 352 g/mol. The highest BCUT2D eigenvalue weighted by Crippen LogP contribution is 2.60. The fourth-order valence-corrected chi connectivity index (χ4v) is 6.87. The Kier molecular flexibility index (Phi) is 4.97. The molecule has 2 heteroatoms. The minimum atomic E-state index is 0.483. The second kappa shape index (κ2) is 7.63. The molecule has 2 aromatic rings. The average Bonchev–Trinajstić information content (AvgIpc) is 2.73. The van der Waals surface area contributed by atoms with E-state index in [1.165, 1.54) is 44.2 Å². The maximum Gasteiger partial charge on any atom is 0.0630 e. The zero-order valence-corrected chi connectivity index (χ0v) is 18.0. The third-order valence-electron chi connectivity index (χ3n) is 7.90. The largest absolute Gasteiger partial charge is 0.372 e. The Balaban J connectivity index is 1.29. The highest BCUT2D eigenvalue weighted by Gasteiger charge is 2.51. The van der Waals surface area contributed by atoms with E-state index in [-0.39, 0.29) is 0 Å². The maximum atomic E-state index is 4.74. The van der Waals surface area contributed by atoms with Gasteiger partial charge in [0, 0.05) is 25.0 Å². The minimum Gasteiger partial charge on any atom is -0.372 e. The van der Waals surface area contributed by atoms with Crippen molar-refractivity contribution >= 4 is 17.6 Å². The van der Waals surface area contributed by atoms with E-state index >= 15 is 0 Å². The molecular formula is C27H34N2. The van der Waals surface area contributed by atoms with Gasteiger partial charge in [-0.3, -0.25) is 4.99 Å². The lowest BCUT2D eigenvalue weighted by Crippen LogP contribution is -2.48. The normalized spacial score (nSPS) is 30.2. The fraction of sp³-hybridized carbons (Fsp3) is 0.519. The van der Waals surface area contributed by atoms with Crippen LogP contribution in [-0.4, -0.2) is 19.3 Å². The molecule has 0 radical (unpaired) electrons. The molecule has 152 valence electrons. The van der Waals surface area contributed by atoms with Crippen LogP contribution in [0.15, 0.2) is 53.5 Å². The number of rotatable bonds is 6. The lowest BCUT2D eigenvalue weighted by Gasteiger charge is -2.57. The van der Waals surface area contributed by atoms with Crippen molar-refractivity contribution in [1.82, 2.24) is 0 Å². The number of anilines is 1. The van der Waals surface area contributed by atoms with Crippen LogP contribution in [0.5, 0.6) is 0 Å². The molecule has 0 amide bonds. The molecule has 0 heterocycles. The molecule has 0 N–H and O–H groups in total. The van der Waals surface area contributed by atoms with Gasteiger partial charge >= 0.3 is 0 Å². The van der Waals surface area contributed by atoms with Gasteiger partial charge in [0.15, 0.2) is 0 Å². The number of nitrogens with zero attached hydrogens (tertiary/aromatic N) is 2. The molecule has 4 fully saturated rings. The molecule has 0 aromatic heterocycles. The van der Waals surface area contributed by atoms with Gasteiger partial charge in [-0.2, -0.15) is 0 Å². The zero-order chi connectivity index (χ0) is 19.8. The first-order chi connectivity index (χ1) is 14.2. The van der Waals surface area contributed by atoms with Crippen LogP contribution in [0, 0.1) is 17.8 Å². The Bertz CT molecular complexity index is 823. The van der Waals surface area contributed by atoms with E-state index in [1.54, 1.807) is 5.56 Å². The molecule has 29 heavy (non-hydrogen) atoms. The van der Waals surface area contributed by atoms with E-state index in [4.69, 9.17) is 4.99 Å². The van der Waals surface area contributed by atoms with Gasteiger partial charge in [-0.25, -0.2) is 0 Å². The van der Waals surface area contributed by atoms with E-state index in [0.29, 0.717) is 5.41 Å².